The molecule has 2 N–H and O–H groups in total. The van der Waals surface area contributed by atoms with Crippen molar-refractivity contribution in [2.24, 2.45) is 0 Å². The Bertz CT molecular complexity index is 802. The van der Waals surface area contributed by atoms with Crippen LogP contribution in [0, 0.1) is 0 Å². The summed E-state index contributed by atoms with van der Waals surface area (Å²) in [6.45, 7) is 7.13. The Kier molecular flexibility index (Phi) is 6.16. The van der Waals surface area contributed by atoms with E-state index in [0.29, 0.717) is 13.1 Å². The molecular weight excluding hydrogens is 389 g/mol. The number of nitrogens with one attached hydrogen (secondary N) is 1. The van der Waals surface area contributed by atoms with E-state index in [4.69, 9.17) is 4.74 Å². The molecule has 1 aliphatic rings. The summed E-state index contributed by atoms with van der Waals surface area (Å²) >= 11 is 0. The van der Waals surface area contributed by atoms with E-state index >= 15 is 0 Å². The molecular formula is C19H25F3N4O3. The van der Waals surface area contributed by atoms with Gasteiger partial charge in [-0.3, -0.25) is 0 Å². The maximum absolute atomic E-state index is 12.2. The molecule has 29 heavy (non-hydrogen) atoms. The predicted molar refractivity (Wildman–Crippen MR) is 98.2 cm³/mol. The Labute approximate surface area is 166 Å². The number of aromatic nitrogens is 3. The van der Waals surface area contributed by atoms with E-state index in [1.165, 1.54) is 24.3 Å². The summed E-state index contributed by atoms with van der Waals surface area (Å²) in [5.41, 5.74) is 1.50. The number of benzene rings is 1. The van der Waals surface area contributed by atoms with E-state index in [1.807, 2.05) is 27.0 Å². The topological polar surface area (TPSA) is 81.4 Å². The highest BCUT2D eigenvalue weighted by atomic mass is 19.4. The third-order valence-corrected chi connectivity index (χ3v) is 4.67. The Balaban J connectivity index is 1.58. The molecule has 1 aromatic carbocycles. The Morgan fingerprint density at radius 1 is 1.24 bits per heavy atom. The molecule has 3 atom stereocenters. The number of rotatable bonds is 6. The summed E-state index contributed by atoms with van der Waals surface area (Å²) in [7, 11) is 0. The maximum atomic E-state index is 12.2. The van der Waals surface area contributed by atoms with Gasteiger partial charge >= 0.3 is 6.36 Å². The lowest BCUT2D eigenvalue weighted by molar-refractivity contribution is -0.274. The predicted octanol–water partition coefficient (Wildman–Crippen LogP) is 2.39. The molecule has 160 valence electrons. The smallest absolute Gasteiger partial charge is 0.406 e. The molecule has 1 aromatic heterocycles. The third-order valence-electron chi connectivity index (χ3n) is 4.67. The van der Waals surface area contributed by atoms with Crippen LogP contribution in [-0.2, 0) is 23.2 Å². The van der Waals surface area contributed by atoms with Crippen molar-refractivity contribution in [2.75, 3.05) is 6.61 Å². The zero-order valence-corrected chi connectivity index (χ0v) is 16.5. The molecule has 10 heteroatoms. The summed E-state index contributed by atoms with van der Waals surface area (Å²) in [5.74, 6) is -0.274. The van der Waals surface area contributed by atoms with Crippen LogP contribution < -0.4 is 10.1 Å². The average Bonchev–Trinajstić information content (AvgIpc) is 3.21. The fourth-order valence-corrected chi connectivity index (χ4v) is 3.07. The minimum absolute atomic E-state index is 0.117. The maximum Gasteiger partial charge on any atom is 0.573 e. The number of halogens is 3. The van der Waals surface area contributed by atoms with Gasteiger partial charge in [0, 0.05) is 18.2 Å². The summed E-state index contributed by atoms with van der Waals surface area (Å²) in [6, 6.07) is 5.25. The van der Waals surface area contributed by atoms with Gasteiger partial charge in [0.1, 0.15) is 5.75 Å². The molecule has 1 fully saturated rings. The first-order valence-electron chi connectivity index (χ1n) is 9.29. The summed E-state index contributed by atoms with van der Waals surface area (Å²) in [5, 5.41) is 21.8. The van der Waals surface area contributed by atoms with Crippen molar-refractivity contribution in [3.8, 4) is 5.75 Å². The van der Waals surface area contributed by atoms with Gasteiger partial charge in [0.05, 0.1) is 37.1 Å². The molecule has 0 bridgehead atoms. The van der Waals surface area contributed by atoms with Crippen molar-refractivity contribution < 1.29 is 27.8 Å². The van der Waals surface area contributed by atoms with Crippen molar-refractivity contribution in [1.29, 1.82) is 0 Å². The highest BCUT2D eigenvalue weighted by Crippen LogP contribution is 2.24. The van der Waals surface area contributed by atoms with Gasteiger partial charge in [-0.05, 0) is 17.7 Å². The van der Waals surface area contributed by atoms with Crippen molar-refractivity contribution in [1.82, 2.24) is 20.3 Å². The first-order chi connectivity index (χ1) is 13.5. The monoisotopic (exact) mass is 414 g/mol. The number of alkyl halides is 3. The van der Waals surface area contributed by atoms with E-state index in [-0.39, 0.29) is 29.9 Å². The third kappa shape index (κ3) is 5.91. The number of aliphatic hydroxyl groups is 1. The number of ether oxygens (including phenoxy) is 2. The number of hydrogen-bond donors (Lipinski definition) is 2. The lowest BCUT2D eigenvalue weighted by Crippen LogP contribution is -2.45. The van der Waals surface area contributed by atoms with Gasteiger partial charge in [0.15, 0.2) is 0 Å². The van der Waals surface area contributed by atoms with Gasteiger partial charge < -0.3 is 19.9 Å². The van der Waals surface area contributed by atoms with Crippen LogP contribution in [0.4, 0.5) is 13.2 Å². The molecule has 0 radical (unpaired) electrons. The van der Waals surface area contributed by atoms with Crippen LogP contribution in [-0.4, -0.2) is 51.3 Å². The van der Waals surface area contributed by atoms with E-state index in [2.05, 4.69) is 20.4 Å². The van der Waals surface area contributed by atoms with Gasteiger partial charge in [-0.25, -0.2) is 4.68 Å². The lowest BCUT2D eigenvalue weighted by atomic mass is 9.93. The molecule has 1 aliphatic heterocycles. The normalized spacial score (nSPS) is 22.8. The second kappa shape index (κ2) is 8.29. The van der Waals surface area contributed by atoms with Crippen LogP contribution in [0.1, 0.15) is 32.0 Å². The standard InChI is InChI=1S/C19H25F3N4O3/c1-18(2,3)16-10-26(25-24-16)9-15-17(14(27)11-28-15)23-8-12-4-6-13(7-5-12)29-19(20,21)22/h4-7,10,14-15,17,23,27H,8-9,11H2,1-3H3/t14-,15+,17+/m0/s1. The minimum Gasteiger partial charge on any atom is -0.406 e. The van der Waals surface area contributed by atoms with E-state index < -0.39 is 12.5 Å². The van der Waals surface area contributed by atoms with E-state index in [9.17, 15) is 18.3 Å². The average molecular weight is 414 g/mol. The first kappa shape index (κ1) is 21.5. The molecule has 0 spiro atoms. The molecule has 0 unspecified atom stereocenters. The van der Waals surface area contributed by atoms with E-state index in [1.54, 1.807) is 4.68 Å². The van der Waals surface area contributed by atoms with Crippen LogP contribution in [0.2, 0.25) is 0 Å². The molecule has 1 saturated heterocycles. The van der Waals surface area contributed by atoms with Crippen molar-refractivity contribution in [3.63, 3.8) is 0 Å². The first-order valence-corrected chi connectivity index (χ1v) is 9.29. The Morgan fingerprint density at radius 3 is 2.52 bits per heavy atom. The van der Waals surface area contributed by atoms with Crippen LogP contribution in [0.15, 0.2) is 30.5 Å². The zero-order chi connectivity index (χ0) is 21.2. The highest BCUT2D eigenvalue weighted by molar-refractivity contribution is 5.27. The van der Waals surface area contributed by atoms with Crippen molar-refractivity contribution in [3.05, 3.63) is 41.7 Å². The van der Waals surface area contributed by atoms with Crippen molar-refractivity contribution in [2.45, 2.75) is 63.9 Å². The van der Waals surface area contributed by atoms with Crippen LogP contribution in [0.5, 0.6) is 5.75 Å². The Morgan fingerprint density at radius 2 is 1.93 bits per heavy atom. The molecule has 7 nitrogen and oxygen atoms in total. The quantitative estimate of drug-likeness (QED) is 0.756. The highest BCUT2D eigenvalue weighted by Gasteiger charge is 2.36. The molecule has 2 heterocycles. The summed E-state index contributed by atoms with van der Waals surface area (Å²) in [4.78, 5) is 0. The molecule has 0 amide bonds. The van der Waals surface area contributed by atoms with Gasteiger partial charge in [0.2, 0.25) is 0 Å². The van der Waals surface area contributed by atoms with Gasteiger partial charge in [0.25, 0.3) is 0 Å². The second-order valence-electron chi connectivity index (χ2n) is 8.11. The lowest BCUT2D eigenvalue weighted by Gasteiger charge is -2.22. The molecule has 2 aromatic rings. The van der Waals surface area contributed by atoms with Gasteiger partial charge in [-0.15, -0.1) is 18.3 Å². The largest absolute Gasteiger partial charge is 0.573 e. The zero-order valence-electron chi connectivity index (χ0n) is 16.5. The van der Waals surface area contributed by atoms with Gasteiger partial charge in [-0.1, -0.05) is 38.1 Å². The fourth-order valence-electron chi connectivity index (χ4n) is 3.07. The molecule has 0 aliphatic carbocycles. The van der Waals surface area contributed by atoms with Crippen LogP contribution >= 0.6 is 0 Å². The Hall–Kier alpha value is -2.17. The van der Waals surface area contributed by atoms with Crippen molar-refractivity contribution >= 4 is 0 Å². The summed E-state index contributed by atoms with van der Waals surface area (Å²) < 4.78 is 48.0. The number of hydrogen-bond acceptors (Lipinski definition) is 6. The van der Waals surface area contributed by atoms with E-state index in [0.717, 1.165) is 11.3 Å². The van der Waals surface area contributed by atoms with Gasteiger partial charge in [-0.2, -0.15) is 0 Å². The second-order valence-corrected chi connectivity index (χ2v) is 8.11. The minimum atomic E-state index is -4.72. The number of aliphatic hydroxyl groups excluding tert-OH is 1. The van der Waals surface area contributed by atoms with Crippen LogP contribution in [0.25, 0.3) is 0 Å². The van der Waals surface area contributed by atoms with Crippen LogP contribution in [0.3, 0.4) is 0 Å². The molecule has 3 rings (SSSR count). The molecule has 0 saturated carbocycles. The SMILES string of the molecule is CC(C)(C)c1cn(C[C@H]2OC[C@H](O)[C@H]2NCc2ccc(OC(F)(F)F)cc2)nn1. The summed E-state index contributed by atoms with van der Waals surface area (Å²) in [6.07, 6.45) is -3.86. The number of nitrogens with zero attached hydrogens (tertiary/aromatic N) is 3. The fraction of sp³-hybridized carbons (Fsp3) is 0.579.